The summed E-state index contributed by atoms with van der Waals surface area (Å²) in [5.41, 5.74) is 3.91. The third kappa shape index (κ3) is 2.29. The Labute approximate surface area is 110 Å². The molecule has 2 heterocycles. The number of aryl methyl sites for hydroxylation is 1. The lowest BCUT2D eigenvalue weighted by Crippen LogP contribution is -2.26. The summed E-state index contributed by atoms with van der Waals surface area (Å²) >= 11 is 0. The molecule has 2 aromatic rings. The molecule has 2 aromatic heterocycles. The summed E-state index contributed by atoms with van der Waals surface area (Å²) in [7, 11) is 1.64. The topological polar surface area (TPSA) is 73.2 Å². The highest BCUT2D eigenvalue weighted by atomic mass is 16.5. The van der Waals surface area contributed by atoms with Crippen LogP contribution in [0.25, 0.3) is 10.9 Å². The fourth-order valence-corrected chi connectivity index (χ4v) is 1.86. The molecule has 1 N–H and O–H groups in total. The Morgan fingerprint density at radius 1 is 1.53 bits per heavy atom. The van der Waals surface area contributed by atoms with E-state index < -0.39 is 5.97 Å². The lowest BCUT2D eigenvalue weighted by molar-refractivity contribution is 0.0525. The average molecular weight is 261 g/mol. The normalized spacial score (nSPS) is 10.5. The third-order valence-electron chi connectivity index (χ3n) is 2.81. The fraction of sp³-hybridized carbons (Fsp3) is 0.308. The zero-order valence-electron chi connectivity index (χ0n) is 11.1. The number of ether oxygens (including phenoxy) is 1. The molecule has 0 unspecified atom stereocenters. The van der Waals surface area contributed by atoms with Gasteiger partial charge in [-0.2, -0.15) is 0 Å². The first-order valence-electron chi connectivity index (χ1n) is 5.96. The predicted molar refractivity (Wildman–Crippen MR) is 72.0 cm³/mol. The molecule has 0 aliphatic rings. The van der Waals surface area contributed by atoms with E-state index in [1.165, 1.54) is 10.7 Å². The number of esters is 1. The molecule has 6 heteroatoms. The number of carbonyl (C=O) groups is 1. The van der Waals surface area contributed by atoms with Gasteiger partial charge in [-0.3, -0.25) is 9.78 Å². The number of rotatable bonds is 3. The van der Waals surface area contributed by atoms with Crippen LogP contribution in [0.4, 0.5) is 0 Å². The molecule has 0 fully saturated rings. The minimum atomic E-state index is -0.464. The van der Waals surface area contributed by atoms with Crippen LogP contribution >= 0.6 is 0 Å². The van der Waals surface area contributed by atoms with Crippen molar-refractivity contribution in [3.05, 3.63) is 39.9 Å². The molecule has 0 radical (unpaired) electrons. The van der Waals surface area contributed by atoms with Crippen LogP contribution < -0.4 is 11.0 Å². The van der Waals surface area contributed by atoms with Crippen LogP contribution in [-0.4, -0.2) is 29.3 Å². The van der Waals surface area contributed by atoms with E-state index in [1.807, 2.05) is 0 Å². The lowest BCUT2D eigenvalue weighted by atomic mass is 10.1. The molecule has 0 saturated heterocycles. The minimum Gasteiger partial charge on any atom is -0.462 e. The number of carbonyl (C=O) groups excluding carboxylic acids is 1. The lowest BCUT2D eigenvalue weighted by Gasteiger charge is -2.09. The first-order chi connectivity index (χ1) is 9.08. The van der Waals surface area contributed by atoms with Gasteiger partial charge in [-0.1, -0.05) is 0 Å². The van der Waals surface area contributed by atoms with E-state index in [1.54, 1.807) is 33.2 Å². The number of fused-ring (bicyclic) bond motifs is 1. The number of nitrogens with one attached hydrogen (secondary N) is 1. The number of hydrogen-bond acceptors (Lipinski definition) is 5. The van der Waals surface area contributed by atoms with E-state index in [9.17, 15) is 9.59 Å². The van der Waals surface area contributed by atoms with Crippen LogP contribution in [0.5, 0.6) is 0 Å². The molecule has 0 amide bonds. The van der Waals surface area contributed by atoms with E-state index in [0.29, 0.717) is 22.2 Å². The Bertz CT molecular complexity index is 691. The molecular weight excluding hydrogens is 246 g/mol. The third-order valence-corrected chi connectivity index (χ3v) is 2.81. The zero-order valence-corrected chi connectivity index (χ0v) is 11.1. The highest BCUT2D eigenvalue weighted by Gasteiger charge is 2.14. The summed E-state index contributed by atoms with van der Waals surface area (Å²) in [6.07, 6.45) is 1.60. The van der Waals surface area contributed by atoms with Crippen LogP contribution in [0.3, 0.4) is 0 Å². The molecule has 0 atom stereocenters. The second kappa shape index (κ2) is 5.09. The quantitative estimate of drug-likeness (QED) is 0.836. The van der Waals surface area contributed by atoms with Crippen molar-refractivity contribution in [1.82, 2.24) is 9.66 Å². The van der Waals surface area contributed by atoms with Crippen molar-refractivity contribution in [3.8, 4) is 0 Å². The maximum atomic E-state index is 12.1. The van der Waals surface area contributed by atoms with Gasteiger partial charge in [0.05, 0.1) is 28.8 Å². The van der Waals surface area contributed by atoms with Crippen molar-refractivity contribution in [3.63, 3.8) is 0 Å². The van der Waals surface area contributed by atoms with E-state index in [2.05, 4.69) is 10.4 Å². The second-order valence-electron chi connectivity index (χ2n) is 3.99. The van der Waals surface area contributed by atoms with Crippen LogP contribution in [0, 0.1) is 6.92 Å². The van der Waals surface area contributed by atoms with Gasteiger partial charge in [0.25, 0.3) is 5.56 Å². The molecule has 100 valence electrons. The van der Waals surface area contributed by atoms with Gasteiger partial charge in [0.1, 0.15) is 0 Å². The summed E-state index contributed by atoms with van der Waals surface area (Å²) in [6, 6.07) is 3.25. The summed E-state index contributed by atoms with van der Waals surface area (Å²) in [6.45, 7) is 3.73. The minimum absolute atomic E-state index is 0.252. The highest BCUT2D eigenvalue weighted by Crippen LogP contribution is 2.14. The predicted octanol–water partition coefficient (Wildman–Crippen LogP) is 1.05. The monoisotopic (exact) mass is 261 g/mol. The first kappa shape index (κ1) is 13.1. The molecule has 6 nitrogen and oxygen atoms in total. The molecular formula is C13H15N3O3. The molecule has 2 rings (SSSR count). The molecule has 19 heavy (non-hydrogen) atoms. The van der Waals surface area contributed by atoms with E-state index in [0.717, 1.165) is 0 Å². The largest absolute Gasteiger partial charge is 0.462 e. The summed E-state index contributed by atoms with van der Waals surface area (Å²) < 4.78 is 6.28. The molecule has 0 saturated carbocycles. The van der Waals surface area contributed by atoms with Gasteiger partial charge in [-0.15, -0.1) is 0 Å². The van der Waals surface area contributed by atoms with E-state index >= 15 is 0 Å². The fourth-order valence-electron chi connectivity index (χ4n) is 1.86. The molecule has 0 spiro atoms. The maximum absolute atomic E-state index is 12.1. The molecule has 0 aromatic carbocycles. The van der Waals surface area contributed by atoms with Crippen molar-refractivity contribution >= 4 is 16.9 Å². The van der Waals surface area contributed by atoms with Gasteiger partial charge in [-0.05, 0) is 26.0 Å². The van der Waals surface area contributed by atoms with Gasteiger partial charge in [0.2, 0.25) is 0 Å². The maximum Gasteiger partial charge on any atom is 0.339 e. The first-order valence-corrected chi connectivity index (χ1v) is 5.96. The van der Waals surface area contributed by atoms with Crippen LogP contribution in [0.15, 0.2) is 23.1 Å². The second-order valence-corrected chi connectivity index (χ2v) is 3.99. The van der Waals surface area contributed by atoms with Gasteiger partial charge < -0.3 is 10.2 Å². The SMILES string of the molecule is CCOC(=O)c1cc2c(=O)n(NC)ccc2nc1C. The van der Waals surface area contributed by atoms with Gasteiger partial charge in [0, 0.05) is 13.2 Å². The van der Waals surface area contributed by atoms with Crippen molar-refractivity contribution < 1.29 is 9.53 Å². The van der Waals surface area contributed by atoms with Crippen LogP contribution in [-0.2, 0) is 4.74 Å². The average Bonchev–Trinajstić information content (AvgIpc) is 2.39. The van der Waals surface area contributed by atoms with Gasteiger partial charge >= 0.3 is 5.97 Å². The summed E-state index contributed by atoms with van der Waals surface area (Å²) in [5.74, 6) is -0.464. The zero-order chi connectivity index (χ0) is 14.0. The Morgan fingerprint density at radius 3 is 2.89 bits per heavy atom. The number of nitrogens with zero attached hydrogens (tertiary/aromatic N) is 2. The number of aromatic nitrogens is 2. The number of pyridine rings is 2. The molecule has 0 aliphatic heterocycles. The highest BCUT2D eigenvalue weighted by molar-refractivity contribution is 5.94. The smallest absolute Gasteiger partial charge is 0.339 e. The van der Waals surface area contributed by atoms with Gasteiger partial charge in [0.15, 0.2) is 0 Å². The van der Waals surface area contributed by atoms with Gasteiger partial charge in [-0.25, -0.2) is 9.47 Å². The van der Waals surface area contributed by atoms with E-state index in [-0.39, 0.29) is 12.2 Å². The van der Waals surface area contributed by atoms with E-state index in [4.69, 9.17) is 4.74 Å². The van der Waals surface area contributed by atoms with Crippen LogP contribution in [0.2, 0.25) is 0 Å². The summed E-state index contributed by atoms with van der Waals surface area (Å²) in [5, 5.41) is 0.380. The summed E-state index contributed by atoms with van der Waals surface area (Å²) in [4.78, 5) is 28.2. The molecule has 0 bridgehead atoms. The van der Waals surface area contributed by atoms with Crippen LogP contribution in [0.1, 0.15) is 23.0 Å². The Balaban J connectivity index is 2.68. The number of hydrogen-bond donors (Lipinski definition) is 1. The Hall–Kier alpha value is -2.37. The van der Waals surface area contributed by atoms with Crippen molar-refractivity contribution in [2.75, 3.05) is 19.1 Å². The van der Waals surface area contributed by atoms with Crippen molar-refractivity contribution in [1.29, 1.82) is 0 Å². The Kier molecular flexibility index (Phi) is 3.50. The Morgan fingerprint density at radius 2 is 2.26 bits per heavy atom. The molecule has 0 aliphatic carbocycles. The van der Waals surface area contributed by atoms with Crippen molar-refractivity contribution in [2.45, 2.75) is 13.8 Å². The van der Waals surface area contributed by atoms with Crippen molar-refractivity contribution in [2.24, 2.45) is 0 Å². The standard InChI is InChI=1S/C13H15N3O3/c1-4-19-13(18)9-7-10-11(15-8(9)2)5-6-16(14-3)12(10)17/h5-7,14H,4H2,1-3H3.